The maximum Gasteiger partial charge on any atom is 0.317 e. The largest absolute Gasteiger partial charge is 0.334 e. The molecule has 25 heavy (non-hydrogen) atoms. The summed E-state index contributed by atoms with van der Waals surface area (Å²) < 4.78 is 0. The van der Waals surface area contributed by atoms with Gasteiger partial charge in [0.15, 0.2) is 0 Å². The molecule has 0 unspecified atom stereocenters. The van der Waals surface area contributed by atoms with Gasteiger partial charge >= 0.3 is 6.03 Å². The summed E-state index contributed by atoms with van der Waals surface area (Å²) in [6.45, 7) is 4.42. The molecule has 1 aliphatic heterocycles. The number of amides is 2. The van der Waals surface area contributed by atoms with Gasteiger partial charge in [0.2, 0.25) is 0 Å². The van der Waals surface area contributed by atoms with Crippen LogP contribution in [-0.2, 0) is 13.1 Å². The Morgan fingerprint density at radius 2 is 1.88 bits per heavy atom. The van der Waals surface area contributed by atoms with Gasteiger partial charge in [0.1, 0.15) is 0 Å². The first-order valence-electron chi connectivity index (χ1n) is 8.38. The zero-order valence-electron chi connectivity index (χ0n) is 14.1. The van der Waals surface area contributed by atoms with E-state index in [1.807, 2.05) is 41.4 Å². The van der Waals surface area contributed by atoms with Crippen molar-refractivity contribution in [2.75, 3.05) is 26.2 Å². The fourth-order valence-corrected chi connectivity index (χ4v) is 2.82. The number of urea groups is 1. The van der Waals surface area contributed by atoms with Crippen LogP contribution in [0.5, 0.6) is 0 Å². The maximum absolute atomic E-state index is 12.3. The molecule has 6 nitrogen and oxygen atoms in total. The van der Waals surface area contributed by atoms with Crippen LogP contribution in [0.1, 0.15) is 16.8 Å². The molecule has 1 fully saturated rings. The Morgan fingerprint density at radius 1 is 1.12 bits per heavy atom. The van der Waals surface area contributed by atoms with E-state index >= 15 is 0 Å². The molecule has 1 aliphatic rings. The predicted molar refractivity (Wildman–Crippen MR) is 94.5 cm³/mol. The van der Waals surface area contributed by atoms with Crippen molar-refractivity contribution in [2.45, 2.75) is 13.1 Å². The van der Waals surface area contributed by atoms with Crippen LogP contribution in [-0.4, -0.2) is 47.0 Å². The van der Waals surface area contributed by atoms with Gasteiger partial charge in [-0.05, 0) is 29.8 Å². The summed E-state index contributed by atoms with van der Waals surface area (Å²) in [5.41, 5.74) is 2.67. The van der Waals surface area contributed by atoms with E-state index in [4.69, 9.17) is 5.26 Å². The van der Waals surface area contributed by atoms with Gasteiger partial charge < -0.3 is 10.2 Å². The number of nitriles is 1. The first kappa shape index (κ1) is 16.9. The number of benzene rings is 1. The second-order valence-electron chi connectivity index (χ2n) is 6.05. The van der Waals surface area contributed by atoms with Crippen molar-refractivity contribution in [3.8, 4) is 6.07 Å². The Kier molecular flexibility index (Phi) is 5.60. The molecule has 3 rings (SSSR count). The van der Waals surface area contributed by atoms with Crippen LogP contribution in [0.2, 0.25) is 0 Å². The number of nitrogens with one attached hydrogen (secondary N) is 1. The lowest BCUT2D eigenvalue weighted by Gasteiger charge is -2.34. The highest BCUT2D eigenvalue weighted by atomic mass is 16.2. The van der Waals surface area contributed by atoms with Gasteiger partial charge in [0.25, 0.3) is 0 Å². The molecule has 0 bridgehead atoms. The first-order chi connectivity index (χ1) is 12.2. The van der Waals surface area contributed by atoms with E-state index in [1.165, 1.54) is 0 Å². The van der Waals surface area contributed by atoms with Crippen molar-refractivity contribution in [3.05, 3.63) is 65.5 Å². The van der Waals surface area contributed by atoms with E-state index in [-0.39, 0.29) is 6.03 Å². The van der Waals surface area contributed by atoms with Gasteiger partial charge in [-0.1, -0.05) is 18.2 Å². The zero-order valence-corrected chi connectivity index (χ0v) is 14.1. The summed E-state index contributed by atoms with van der Waals surface area (Å²) in [6, 6.07) is 15.2. The summed E-state index contributed by atoms with van der Waals surface area (Å²) in [5, 5.41) is 11.7. The summed E-state index contributed by atoms with van der Waals surface area (Å²) in [6.07, 6.45) is 1.81. The molecule has 1 saturated heterocycles. The van der Waals surface area contributed by atoms with Gasteiger partial charge in [-0.3, -0.25) is 9.88 Å². The van der Waals surface area contributed by atoms with Gasteiger partial charge in [-0.2, -0.15) is 5.26 Å². The third kappa shape index (κ3) is 4.78. The van der Waals surface area contributed by atoms with Crippen LogP contribution in [0.15, 0.2) is 48.7 Å². The summed E-state index contributed by atoms with van der Waals surface area (Å²) >= 11 is 0. The van der Waals surface area contributed by atoms with E-state index in [9.17, 15) is 4.79 Å². The number of carbonyl (C=O) groups is 1. The Bertz CT molecular complexity index is 731. The minimum Gasteiger partial charge on any atom is -0.334 e. The molecular formula is C19H21N5O. The van der Waals surface area contributed by atoms with Gasteiger partial charge in [0, 0.05) is 45.5 Å². The molecule has 6 heteroatoms. The standard InChI is InChI=1S/C19H21N5O/c20-13-16-4-6-17(7-5-16)14-22-19(25)24-11-9-23(10-12-24)15-18-3-1-2-8-21-18/h1-8H,9-12,14-15H2,(H,22,25). The number of carbonyl (C=O) groups excluding carboxylic acids is 1. The van der Waals surface area contributed by atoms with Crippen molar-refractivity contribution in [2.24, 2.45) is 0 Å². The number of aromatic nitrogens is 1. The number of hydrogen-bond acceptors (Lipinski definition) is 4. The molecule has 1 N–H and O–H groups in total. The quantitative estimate of drug-likeness (QED) is 0.927. The number of nitrogens with zero attached hydrogens (tertiary/aromatic N) is 4. The van der Waals surface area contributed by atoms with Crippen LogP contribution < -0.4 is 5.32 Å². The Morgan fingerprint density at radius 3 is 2.52 bits per heavy atom. The third-order valence-electron chi connectivity index (χ3n) is 4.30. The van der Waals surface area contributed by atoms with Crippen molar-refractivity contribution >= 4 is 6.03 Å². The van der Waals surface area contributed by atoms with E-state index in [1.54, 1.807) is 12.1 Å². The van der Waals surface area contributed by atoms with Crippen molar-refractivity contribution < 1.29 is 4.79 Å². The molecule has 0 atom stereocenters. The minimum atomic E-state index is -0.0400. The number of hydrogen-bond donors (Lipinski definition) is 1. The van der Waals surface area contributed by atoms with E-state index in [0.717, 1.165) is 30.9 Å². The smallest absolute Gasteiger partial charge is 0.317 e. The molecule has 0 aliphatic carbocycles. The number of piperazine rings is 1. The molecule has 0 spiro atoms. The highest BCUT2D eigenvalue weighted by Crippen LogP contribution is 2.08. The van der Waals surface area contributed by atoms with Crippen LogP contribution in [0, 0.1) is 11.3 Å². The van der Waals surface area contributed by atoms with Crippen molar-refractivity contribution in [1.29, 1.82) is 5.26 Å². The molecule has 0 radical (unpaired) electrons. The van der Waals surface area contributed by atoms with E-state index in [2.05, 4.69) is 21.3 Å². The first-order valence-corrected chi connectivity index (χ1v) is 8.38. The third-order valence-corrected chi connectivity index (χ3v) is 4.30. The van der Waals surface area contributed by atoms with Crippen molar-refractivity contribution in [1.82, 2.24) is 20.1 Å². The van der Waals surface area contributed by atoms with E-state index < -0.39 is 0 Å². The van der Waals surface area contributed by atoms with Crippen molar-refractivity contribution in [3.63, 3.8) is 0 Å². The van der Waals surface area contributed by atoms with E-state index in [0.29, 0.717) is 25.2 Å². The zero-order chi connectivity index (χ0) is 17.5. The van der Waals surface area contributed by atoms with Crippen LogP contribution in [0.25, 0.3) is 0 Å². The van der Waals surface area contributed by atoms with Crippen LogP contribution in [0.3, 0.4) is 0 Å². The highest BCUT2D eigenvalue weighted by Gasteiger charge is 2.21. The lowest BCUT2D eigenvalue weighted by atomic mass is 10.1. The lowest BCUT2D eigenvalue weighted by molar-refractivity contribution is 0.134. The Hall–Kier alpha value is -2.91. The van der Waals surface area contributed by atoms with Gasteiger partial charge in [-0.15, -0.1) is 0 Å². The normalized spacial score (nSPS) is 14.8. The molecule has 1 aromatic heterocycles. The fourth-order valence-electron chi connectivity index (χ4n) is 2.82. The van der Waals surface area contributed by atoms with Gasteiger partial charge in [0.05, 0.1) is 17.3 Å². The minimum absolute atomic E-state index is 0.0400. The lowest BCUT2D eigenvalue weighted by Crippen LogP contribution is -2.51. The summed E-state index contributed by atoms with van der Waals surface area (Å²) in [7, 11) is 0. The average molecular weight is 335 g/mol. The average Bonchev–Trinajstić information content (AvgIpc) is 2.68. The molecule has 2 heterocycles. The molecule has 2 aromatic rings. The molecular weight excluding hydrogens is 314 g/mol. The van der Waals surface area contributed by atoms with Gasteiger partial charge in [-0.25, -0.2) is 4.79 Å². The van der Waals surface area contributed by atoms with Crippen LogP contribution in [0.4, 0.5) is 4.79 Å². The predicted octanol–water partition coefficient (Wildman–Crippen LogP) is 1.98. The molecule has 0 saturated carbocycles. The Balaban J connectivity index is 1.42. The molecule has 128 valence electrons. The summed E-state index contributed by atoms with van der Waals surface area (Å²) in [4.78, 5) is 20.8. The summed E-state index contributed by atoms with van der Waals surface area (Å²) in [5.74, 6) is 0. The fraction of sp³-hybridized carbons (Fsp3) is 0.316. The SMILES string of the molecule is N#Cc1ccc(CNC(=O)N2CCN(Cc3ccccn3)CC2)cc1. The second-order valence-corrected chi connectivity index (χ2v) is 6.05. The number of rotatable bonds is 4. The molecule has 1 aromatic carbocycles. The van der Waals surface area contributed by atoms with Crippen LogP contribution >= 0.6 is 0 Å². The maximum atomic E-state index is 12.3. The molecule has 2 amide bonds. The Labute approximate surface area is 147 Å². The number of pyridine rings is 1. The highest BCUT2D eigenvalue weighted by molar-refractivity contribution is 5.74. The second kappa shape index (κ2) is 8.27. The monoisotopic (exact) mass is 335 g/mol. The topological polar surface area (TPSA) is 72.3 Å².